The Morgan fingerprint density at radius 3 is 2.53 bits per heavy atom. The molecule has 0 radical (unpaired) electrons. The minimum atomic E-state index is -0.501. The fourth-order valence-electron chi connectivity index (χ4n) is 5.34. The molecular weight excluding hydrogens is 452 g/mol. The molecule has 0 bridgehead atoms. The summed E-state index contributed by atoms with van der Waals surface area (Å²) in [6, 6.07) is 11.3. The van der Waals surface area contributed by atoms with Gasteiger partial charge in [-0.2, -0.15) is 10.4 Å². The second-order valence-corrected chi connectivity index (χ2v) is 11.7. The number of rotatable bonds is 5. The number of carbonyl (C=O) groups is 2. The van der Waals surface area contributed by atoms with Crippen molar-refractivity contribution >= 4 is 11.8 Å². The van der Waals surface area contributed by atoms with E-state index in [4.69, 9.17) is 0 Å². The molecule has 1 aromatic heterocycles. The van der Waals surface area contributed by atoms with Gasteiger partial charge in [-0.25, -0.2) is 0 Å². The molecule has 2 saturated heterocycles. The normalized spacial score (nSPS) is 19.8. The van der Waals surface area contributed by atoms with Crippen LogP contribution in [0, 0.1) is 17.2 Å². The minimum Gasteiger partial charge on any atom is -0.337 e. The third-order valence-corrected chi connectivity index (χ3v) is 7.37. The Bertz CT molecular complexity index is 1180. The van der Waals surface area contributed by atoms with E-state index in [-0.39, 0.29) is 23.3 Å². The maximum Gasteiger partial charge on any atom is 0.272 e. The first-order chi connectivity index (χ1) is 16.9. The van der Waals surface area contributed by atoms with Crippen LogP contribution in [0.15, 0.2) is 30.3 Å². The number of likely N-dealkylation sites (tertiary alicyclic amines) is 1. The van der Waals surface area contributed by atoms with Gasteiger partial charge < -0.3 is 9.80 Å². The van der Waals surface area contributed by atoms with Crippen LogP contribution in [-0.2, 0) is 23.8 Å². The zero-order valence-corrected chi connectivity index (χ0v) is 22.3. The second kappa shape index (κ2) is 9.70. The van der Waals surface area contributed by atoms with Crippen molar-refractivity contribution in [3.05, 3.63) is 52.8 Å². The van der Waals surface area contributed by atoms with E-state index in [0.717, 1.165) is 17.7 Å². The van der Waals surface area contributed by atoms with Gasteiger partial charge in [-0.3, -0.25) is 19.6 Å². The quantitative estimate of drug-likeness (QED) is 0.692. The predicted octanol–water partition coefficient (Wildman–Crippen LogP) is 3.57. The van der Waals surface area contributed by atoms with Crippen LogP contribution in [-0.4, -0.2) is 56.2 Å². The molecule has 0 saturated carbocycles. The molecule has 2 aliphatic heterocycles. The van der Waals surface area contributed by atoms with Crippen molar-refractivity contribution in [1.29, 1.82) is 5.26 Å². The number of aryl methyl sites for hydroxylation is 1. The number of amides is 2. The van der Waals surface area contributed by atoms with Gasteiger partial charge in [0.25, 0.3) is 5.91 Å². The SMILES string of the molecule is CC(C)CC1NC2(CCN(C(=O)c3cc(C(C)(C)C)nn3C)CC2)N(Cc2cccc(C#N)c2)C1=O. The number of piperidine rings is 1. The fourth-order valence-corrected chi connectivity index (χ4v) is 5.34. The molecule has 8 nitrogen and oxygen atoms in total. The molecule has 1 unspecified atom stereocenters. The summed E-state index contributed by atoms with van der Waals surface area (Å²) in [5, 5.41) is 17.6. The van der Waals surface area contributed by atoms with Crippen LogP contribution in [0.4, 0.5) is 0 Å². The van der Waals surface area contributed by atoms with Crippen molar-refractivity contribution in [3.63, 3.8) is 0 Å². The van der Waals surface area contributed by atoms with Crippen LogP contribution in [0.1, 0.15) is 81.2 Å². The Hall–Kier alpha value is -3.18. The number of aromatic nitrogens is 2. The molecule has 4 rings (SSSR count). The monoisotopic (exact) mass is 490 g/mol. The van der Waals surface area contributed by atoms with E-state index >= 15 is 0 Å². The van der Waals surface area contributed by atoms with Crippen LogP contribution in [0.3, 0.4) is 0 Å². The maximum absolute atomic E-state index is 13.6. The summed E-state index contributed by atoms with van der Waals surface area (Å²) < 4.78 is 1.68. The number of nitriles is 1. The highest BCUT2D eigenvalue weighted by Crippen LogP contribution is 2.36. The number of nitrogens with zero attached hydrogens (tertiary/aromatic N) is 5. The highest BCUT2D eigenvalue weighted by Gasteiger charge is 2.51. The molecule has 1 atom stereocenters. The number of carbonyl (C=O) groups excluding carboxylic acids is 2. The van der Waals surface area contributed by atoms with Crippen LogP contribution in [0.5, 0.6) is 0 Å². The van der Waals surface area contributed by atoms with Gasteiger partial charge in [-0.15, -0.1) is 0 Å². The topological polar surface area (TPSA) is 94.3 Å². The van der Waals surface area contributed by atoms with Crippen molar-refractivity contribution in [2.75, 3.05) is 13.1 Å². The number of hydrogen-bond acceptors (Lipinski definition) is 5. The molecular formula is C28H38N6O2. The zero-order chi connectivity index (χ0) is 26.3. The Labute approximate surface area is 214 Å². The van der Waals surface area contributed by atoms with Crippen LogP contribution in [0.2, 0.25) is 0 Å². The number of hydrogen-bond donors (Lipinski definition) is 1. The molecule has 2 aliphatic rings. The van der Waals surface area contributed by atoms with Gasteiger partial charge in [0.1, 0.15) is 5.69 Å². The summed E-state index contributed by atoms with van der Waals surface area (Å²) in [6.45, 7) is 12.1. The maximum atomic E-state index is 13.6. The Morgan fingerprint density at radius 1 is 1.25 bits per heavy atom. The molecule has 1 aromatic carbocycles. The lowest BCUT2D eigenvalue weighted by Crippen LogP contribution is -2.59. The summed E-state index contributed by atoms with van der Waals surface area (Å²) >= 11 is 0. The first-order valence-corrected chi connectivity index (χ1v) is 12.9. The van der Waals surface area contributed by atoms with Gasteiger partial charge in [0.15, 0.2) is 0 Å². The van der Waals surface area contributed by atoms with E-state index in [1.807, 2.05) is 41.1 Å². The first-order valence-electron chi connectivity index (χ1n) is 12.9. The molecule has 3 heterocycles. The van der Waals surface area contributed by atoms with E-state index < -0.39 is 5.66 Å². The van der Waals surface area contributed by atoms with Gasteiger partial charge in [0.05, 0.1) is 29.0 Å². The van der Waals surface area contributed by atoms with Gasteiger partial charge in [-0.05, 0) is 36.1 Å². The van der Waals surface area contributed by atoms with Gasteiger partial charge in [0, 0.05) is 44.9 Å². The molecule has 1 spiro atoms. The molecule has 192 valence electrons. The number of benzene rings is 1. The van der Waals surface area contributed by atoms with E-state index in [2.05, 4.69) is 51.1 Å². The van der Waals surface area contributed by atoms with Gasteiger partial charge >= 0.3 is 0 Å². The molecule has 1 N–H and O–H groups in total. The smallest absolute Gasteiger partial charge is 0.272 e. The number of nitrogens with one attached hydrogen (secondary N) is 1. The van der Waals surface area contributed by atoms with Crippen LogP contribution in [0.25, 0.3) is 0 Å². The van der Waals surface area contributed by atoms with Crippen molar-refractivity contribution < 1.29 is 9.59 Å². The van der Waals surface area contributed by atoms with Crippen molar-refractivity contribution in [1.82, 2.24) is 24.9 Å². The average molecular weight is 491 g/mol. The van der Waals surface area contributed by atoms with E-state index in [1.54, 1.807) is 10.7 Å². The summed E-state index contributed by atoms with van der Waals surface area (Å²) in [5.74, 6) is 0.466. The van der Waals surface area contributed by atoms with Gasteiger partial charge in [0.2, 0.25) is 5.91 Å². The van der Waals surface area contributed by atoms with Gasteiger partial charge in [-0.1, -0.05) is 46.8 Å². The van der Waals surface area contributed by atoms with Crippen molar-refractivity contribution in [2.24, 2.45) is 13.0 Å². The van der Waals surface area contributed by atoms with E-state index in [1.165, 1.54) is 0 Å². The summed E-state index contributed by atoms with van der Waals surface area (Å²) in [7, 11) is 1.82. The molecule has 2 aromatic rings. The fraction of sp³-hybridized carbons (Fsp3) is 0.571. The Kier molecular flexibility index (Phi) is 6.98. The minimum absolute atomic E-state index is 0.0216. The third kappa shape index (κ3) is 5.03. The standard InChI is InChI=1S/C28H38N6O2/c1-19(2)14-22-25(35)34(18-21-9-7-8-20(15-21)17-29)28(30-22)10-12-33(13-11-28)26(36)23-16-24(27(3,4)5)31-32(23)6/h7-9,15-16,19,22,30H,10-14,18H2,1-6H3. The van der Waals surface area contributed by atoms with Crippen molar-refractivity contribution in [3.8, 4) is 6.07 Å². The highest BCUT2D eigenvalue weighted by molar-refractivity contribution is 5.93. The van der Waals surface area contributed by atoms with Crippen molar-refractivity contribution in [2.45, 2.75) is 77.5 Å². The zero-order valence-electron chi connectivity index (χ0n) is 22.3. The highest BCUT2D eigenvalue weighted by atomic mass is 16.2. The Balaban J connectivity index is 1.54. The summed E-state index contributed by atoms with van der Waals surface area (Å²) in [5.41, 5.74) is 2.38. The predicted molar refractivity (Wildman–Crippen MR) is 138 cm³/mol. The third-order valence-electron chi connectivity index (χ3n) is 7.37. The van der Waals surface area contributed by atoms with E-state index in [9.17, 15) is 14.9 Å². The Morgan fingerprint density at radius 2 is 1.94 bits per heavy atom. The molecule has 36 heavy (non-hydrogen) atoms. The molecule has 0 aliphatic carbocycles. The van der Waals surface area contributed by atoms with Crippen LogP contribution >= 0.6 is 0 Å². The summed E-state index contributed by atoms with van der Waals surface area (Å²) in [4.78, 5) is 30.8. The lowest BCUT2D eigenvalue weighted by atomic mass is 9.92. The van der Waals surface area contributed by atoms with E-state index in [0.29, 0.717) is 49.7 Å². The molecule has 2 amide bonds. The summed E-state index contributed by atoms with van der Waals surface area (Å²) in [6.07, 6.45) is 2.07. The molecule has 8 heteroatoms. The van der Waals surface area contributed by atoms with Crippen LogP contribution < -0.4 is 5.32 Å². The largest absolute Gasteiger partial charge is 0.337 e. The first kappa shape index (κ1) is 25.9. The molecule has 2 fully saturated rings. The lowest BCUT2D eigenvalue weighted by molar-refractivity contribution is -0.134. The second-order valence-electron chi connectivity index (χ2n) is 11.7. The average Bonchev–Trinajstić information content (AvgIpc) is 3.33. The lowest BCUT2D eigenvalue weighted by Gasteiger charge is -2.44.